The second kappa shape index (κ2) is 9.03. The molecule has 2 N–H and O–H groups in total. The van der Waals surface area contributed by atoms with E-state index in [-0.39, 0.29) is 17.5 Å². The summed E-state index contributed by atoms with van der Waals surface area (Å²) in [6.45, 7) is 9.09. The molecule has 0 fully saturated rings. The van der Waals surface area contributed by atoms with E-state index in [4.69, 9.17) is 4.74 Å². The number of nitrogens with zero attached hydrogens (tertiary/aromatic N) is 1. The molecule has 5 nitrogen and oxygen atoms in total. The lowest BCUT2D eigenvalue weighted by atomic mass is 9.93. The average Bonchev–Trinajstić information content (AvgIpc) is 3.09. The second-order valence-corrected chi connectivity index (χ2v) is 8.20. The minimum atomic E-state index is -0.153. The highest BCUT2D eigenvalue weighted by Crippen LogP contribution is 2.24. The maximum absolute atomic E-state index is 12.2. The number of nitrogens with one attached hydrogen (secondary N) is 2. The summed E-state index contributed by atoms with van der Waals surface area (Å²) in [6.07, 6.45) is 1.56. The number of carbonyl (C=O) groups excluding carboxylic acids is 1. The molecule has 2 aromatic rings. The molecular weight excluding hydrogens is 346 g/mol. The Balaban J connectivity index is 1.82. The molecule has 0 aliphatic carbocycles. The van der Waals surface area contributed by atoms with Crippen molar-refractivity contribution in [2.75, 3.05) is 13.7 Å². The van der Waals surface area contributed by atoms with Gasteiger partial charge in [0.2, 0.25) is 0 Å². The molecule has 1 heterocycles. The number of benzene rings is 1. The highest BCUT2D eigenvalue weighted by molar-refractivity contribution is 7.09. The van der Waals surface area contributed by atoms with Crippen molar-refractivity contribution in [2.45, 2.75) is 52.0 Å². The van der Waals surface area contributed by atoms with Gasteiger partial charge in [0.15, 0.2) is 0 Å². The minimum absolute atomic E-state index is 0.0201. The number of hydrogen-bond acceptors (Lipinski definition) is 4. The van der Waals surface area contributed by atoms with Crippen molar-refractivity contribution in [2.24, 2.45) is 0 Å². The first kappa shape index (κ1) is 20.2. The van der Waals surface area contributed by atoms with Crippen LogP contribution in [0.1, 0.15) is 56.4 Å². The number of carbonyl (C=O) groups is 1. The summed E-state index contributed by atoms with van der Waals surface area (Å²) in [5, 5.41) is 9.11. The lowest BCUT2D eigenvalue weighted by Gasteiger charge is -2.18. The van der Waals surface area contributed by atoms with Crippen molar-refractivity contribution in [1.82, 2.24) is 15.6 Å². The van der Waals surface area contributed by atoms with Gasteiger partial charge in [-0.3, -0.25) is 0 Å². The molecule has 0 radical (unpaired) electrons. The van der Waals surface area contributed by atoms with E-state index in [1.54, 1.807) is 18.4 Å². The van der Waals surface area contributed by atoms with E-state index in [1.807, 2.05) is 24.3 Å². The van der Waals surface area contributed by atoms with Crippen LogP contribution in [0.25, 0.3) is 0 Å². The van der Waals surface area contributed by atoms with Crippen LogP contribution in [-0.4, -0.2) is 24.7 Å². The van der Waals surface area contributed by atoms with Crippen LogP contribution in [0.3, 0.4) is 0 Å². The van der Waals surface area contributed by atoms with Crippen LogP contribution in [0, 0.1) is 0 Å². The minimum Gasteiger partial charge on any atom is -0.497 e. The molecule has 1 aromatic carbocycles. The Morgan fingerprint density at radius 2 is 1.96 bits per heavy atom. The SMILES string of the molecule is CCC(NC(=O)NCCc1nc(C(C)(C)C)cs1)c1ccc(OC)cc1. The molecule has 26 heavy (non-hydrogen) atoms. The number of rotatable bonds is 7. The van der Waals surface area contributed by atoms with Crippen molar-refractivity contribution in [1.29, 1.82) is 0 Å². The van der Waals surface area contributed by atoms with Gasteiger partial charge in [-0.25, -0.2) is 9.78 Å². The van der Waals surface area contributed by atoms with E-state index < -0.39 is 0 Å². The molecule has 0 spiro atoms. The van der Waals surface area contributed by atoms with Gasteiger partial charge in [0.05, 0.1) is 23.9 Å². The third kappa shape index (κ3) is 5.73. The molecule has 0 aliphatic heterocycles. The number of ether oxygens (including phenoxy) is 1. The van der Waals surface area contributed by atoms with E-state index in [0.29, 0.717) is 6.54 Å². The van der Waals surface area contributed by atoms with E-state index >= 15 is 0 Å². The molecule has 1 atom stereocenters. The molecule has 1 unspecified atom stereocenters. The molecule has 0 saturated heterocycles. The molecule has 2 amide bonds. The predicted molar refractivity (Wildman–Crippen MR) is 107 cm³/mol. The Hall–Kier alpha value is -2.08. The zero-order valence-electron chi connectivity index (χ0n) is 16.3. The highest BCUT2D eigenvalue weighted by Gasteiger charge is 2.17. The van der Waals surface area contributed by atoms with E-state index in [9.17, 15) is 4.79 Å². The third-order valence-electron chi connectivity index (χ3n) is 4.18. The number of aromatic nitrogens is 1. The van der Waals surface area contributed by atoms with E-state index in [1.165, 1.54) is 0 Å². The summed E-state index contributed by atoms with van der Waals surface area (Å²) in [5.41, 5.74) is 2.23. The van der Waals surface area contributed by atoms with Crippen molar-refractivity contribution in [3.05, 3.63) is 45.9 Å². The molecule has 6 heteroatoms. The topological polar surface area (TPSA) is 63.2 Å². The predicted octanol–water partition coefficient (Wildman–Crippen LogP) is 4.44. The Kier molecular flexibility index (Phi) is 7.03. The number of amides is 2. The number of thiazole rings is 1. The quantitative estimate of drug-likeness (QED) is 0.752. The summed E-state index contributed by atoms with van der Waals surface area (Å²) in [4.78, 5) is 16.9. The fourth-order valence-electron chi connectivity index (χ4n) is 2.52. The lowest BCUT2D eigenvalue weighted by molar-refractivity contribution is 0.237. The Morgan fingerprint density at radius 1 is 1.27 bits per heavy atom. The average molecular weight is 376 g/mol. The van der Waals surface area contributed by atoms with Gasteiger partial charge in [0.25, 0.3) is 0 Å². The van der Waals surface area contributed by atoms with Gasteiger partial charge in [-0.15, -0.1) is 11.3 Å². The monoisotopic (exact) mass is 375 g/mol. The maximum atomic E-state index is 12.2. The fourth-order valence-corrected chi connectivity index (χ4v) is 3.54. The molecule has 0 saturated carbocycles. The van der Waals surface area contributed by atoms with Gasteiger partial charge < -0.3 is 15.4 Å². The standard InChI is InChI=1S/C20H29N3O2S/c1-6-16(14-7-9-15(25-5)10-8-14)22-19(24)21-12-11-18-23-17(13-26-18)20(2,3)4/h7-10,13,16H,6,11-12H2,1-5H3,(H2,21,22,24). The molecule has 2 rings (SSSR count). The first-order valence-electron chi connectivity index (χ1n) is 8.96. The largest absolute Gasteiger partial charge is 0.497 e. The Bertz CT molecular complexity index is 705. The smallest absolute Gasteiger partial charge is 0.315 e. The van der Waals surface area contributed by atoms with Crippen LogP contribution in [-0.2, 0) is 11.8 Å². The molecule has 142 valence electrons. The zero-order chi connectivity index (χ0) is 19.2. The van der Waals surface area contributed by atoms with Crippen molar-refractivity contribution in [3.63, 3.8) is 0 Å². The fraction of sp³-hybridized carbons (Fsp3) is 0.500. The summed E-state index contributed by atoms with van der Waals surface area (Å²) < 4.78 is 5.18. The van der Waals surface area contributed by atoms with E-state index in [2.05, 4.69) is 48.7 Å². The van der Waals surface area contributed by atoms with Crippen molar-refractivity contribution in [3.8, 4) is 5.75 Å². The molecule has 0 aliphatic rings. The summed E-state index contributed by atoms with van der Waals surface area (Å²) in [7, 11) is 1.64. The van der Waals surface area contributed by atoms with Crippen LogP contribution in [0.15, 0.2) is 29.6 Å². The van der Waals surface area contributed by atoms with Crippen LogP contribution in [0.2, 0.25) is 0 Å². The van der Waals surface area contributed by atoms with Gasteiger partial charge in [0.1, 0.15) is 5.75 Å². The van der Waals surface area contributed by atoms with Crippen LogP contribution >= 0.6 is 11.3 Å². The molecule has 1 aromatic heterocycles. The Morgan fingerprint density at radius 3 is 2.50 bits per heavy atom. The van der Waals surface area contributed by atoms with Crippen LogP contribution in [0.4, 0.5) is 4.79 Å². The van der Waals surface area contributed by atoms with E-state index in [0.717, 1.165) is 34.9 Å². The summed E-state index contributed by atoms with van der Waals surface area (Å²) in [6, 6.07) is 7.61. The maximum Gasteiger partial charge on any atom is 0.315 e. The zero-order valence-corrected chi connectivity index (χ0v) is 17.1. The van der Waals surface area contributed by atoms with Gasteiger partial charge in [-0.2, -0.15) is 0 Å². The summed E-state index contributed by atoms with van der Waals surface area (Å²) >= 11 is 1.65. The summed E-state index contributed by atoms with van der Waals surface area (Å²) in [5.74, 6) is 0.811. The van der Waals surface area contributed by atoms with Crippen LogP contribution < -0.4 is 15.4 Å². The normalized spacial score (nSPS) is 12.5. The molecule has 0 bridgehead atoms. The van der Waals surface area contributed by atoms with Gasteiger partial charge in [-0.05, 0) is 24.1 Å². The third-order valence-corrected chi connectivity index (χ3v) is 5.08. The van der Waals surface area contributed by atoms with Gasteiger partial charge in [-0.1, -0.05) is 39.8 Å². The first-order chi connectivity index (χ1) is 12.3. The highest BCUT2D eigenvalue weighted by atomic mass is 32.1. The number of hydrogen-bond donors (Lipinski definition) is 2. The van der Waals surface area contributed by atoms with Gasteiger partial charge >= 0.3 is 6.03 Å². The van der Waals surface area contributed by atoms with Crippen LogP contribution in [0.5, 0.6) is 5.75 Å². The molecular formula is C20H29N3O2S. The van der Waals surface area contributed by atoms with Crippen molar-refractivity contribution < 1.29 is 9.53 Å². The number of methoxy groups -OCH3 is 1. The second-order valence-electron chi connectivity index (χ2n) is 7.26. The van der Waals surface area contributed by atoms with Gasteiger partial charge in [0, 0.05) is 23.8 Å². The first-order valence-corrected chi connectivity index (χ1v) is 9.84. The lowest BCUT2D eigenvalue weighted by Crippen LogP contribution is -2.38. The van der Waals surface area contributed by atoms with Crippen molar-refractivity contribution >= 4 is 17.4 Å². The Labute approximate surface area is 160 Å². The number of urea groups is 1.